The molecule has 0 N–H and O–H groups in total. The zero-order valence-corrected chi connectivity index (χ0v) is 14.3. The highest BCUT2D eigenvalue weighted by atomic mass is 79.9. The quantitative estimate of drug-likeness (QED) is 0.451. The molecule has 4 heteroatoms. The molecule has 1 atom stereocenters. The van der Waals surface area contributed by atoms with Crippen molar-refractivity contribution in [2.75, 3.05) is 7.11 Å². The number of rotatable bonds is 3. The number of hydrogen-bond acceptors (Lipinski definition) is 1. The van der Waals surface area contributed by atoms with Crippen LogP contribution in [-0.2, 0) is 0 Å². The minimum atomic E-state index is -0.277. The van der Waals surface area contributed by atoms with E-state index < -0.39 is 0 Å². The molecule has 0 radical (unpaired) electrons. The molecular weight excluding hydrogens is 375 g/mol. The van der Waals surface area contributed by atoms with E-state index in [2.05, 4.69) is 31.9 Å². The molecule has 0 bridgehead atoms. The molecule has 0 amide bonds. The summed E-state index contributed by atoms with van der Waals surface area (Å²) in [6, 6.07) is 3.31. The van der Waals surface area contributed by atoms with E-state index in [-0.39, 0.29) is 10.6 Å². The highest BCUT2D eigenvalue weighted by Gasteiger charge is 2.25. The normalized spacial score (nSPS) is 18.9. The maximum Gasteiger partial charge on any atom is 0.141 e. The van der Waals surface area contributed by atoms with Gasteiger partial charge in [-0.05, 0) is 40.8 Å². The van der Waals surface area contributed by atoms with Gasteiger partial charge in [-0.15, -0.1) is 0 Å². The highest BCUT2D eigenvalue weighted by molar-refractivity contribution is 9.10. The summed E-state index contributed by atoms with van der Waals surface area (Å²) in [4.78, 5) is 0.234. The van der Waals surface area contributed by atoms with Gasteiger partial charge < -0.3 is 4.74 Å². The second-order valence-corrected chi connectivity index (χ2v) is 7.00. The Hall–Kier alpha value is -0.0900. The topological polar surface area (TPSA) is 9.23 Å². The van der Waals surface area contributed by atoms with Crippen molar-refractivity contribution in [1.82, 2.24) is 0 Å². The largest absolute Gasteiger partial charge is 0.496 e. The fourth-order valence-electron chi connectivity index (χ4n) is 2.79. The first kappa shape index (κ1) is 15.3. The summed E-state index contributed by atoms with van der Waals surface area (Å²) in [5.74, 6) is 0.960. The lowest BCUT2D eigenvalue weighted by Gasteiger charge is -2.23. The molecule has 1 aromatic rings. The number of methoxy groups -OCH3 is 1. The van der Waals surface area contributed by atoms with Gasteiger partial charge in [-0.1, -0.05) is 41.6 Å². The van der Waals surface area contributed by atoms with E-state index in [0.717, 1.165) is 5.56 Å². The molecule has 2 rings (SSSR count). The Kier molecular flexibility index (Phi) is 5.70. The molecular formula is C15H19Br2FO. The molecule has 0 aromatic heterocycles. The second-order valence-electron chi connectivity index (χ2n) is 5.16. The van der Waals surface area contributed by atoms with Crippen molar-refractivity contribution in [1.29, 1.82) is 0 Å². The van der Waals surface area contributed by atoms with E-state index in [1.165, 1.54) is 44.6 Å². The van der Waals surface area contributed by atoms with Gasteiger partial charge in [-0.3, -0.25) is 0 Å². The van der Waals surface area contributed by atoms with Gasteiger partial charge in [0.05, 0.1) is 11.6 Å². The number of halogens is 3. The Bertz CT molecular complexity index is 428. The summed E-state index contributed by atoms with van der Waals surface area (Å²) in [7, 11) is 1.60. The Morgan fingerprint density at radius 2 is 1.84 bits per heavy atom. The van der Waals surface area contributed by atoms with Crippen LogP contribution >= 0.6 is 31.9 Å². The third kappa shape index (κ3) is 3.72. The molecule has 106 valence electrons. The lowest BCUT2D eigenvalue weighted by molar-refractivity contribution is 0.392. The monoisotopic (exact) mass is 392 g/mol. The third-order valence-corrected chi connectivity index (χ3v) is 5.73. The highest BCUT2D eigenvalue weighted by Crippen LogP contribution is 2.43. The van der Waals surface area contributed by atoms with Gasteiger partial charge in [0.15, 0.2) is 0 Å². The van der Waals surface area contributed by atoms with Gasteiger partial charge in [-0.25, -0.2) is 4.39 Å². The molecule has 0 heterocycles. The number of benzene rings is 1. The summed E-state index contributed by atoms with van der Waals surface area (Å²) < 4.78 is 19.4. The van der Waals surface area contributed by atoms with E-state index in [0.29, 0.717) is 16.1 Å². The van der Waals surface area contributed by atoms with E-state index in [9.17, 15) is 4.39 Å². The zero-order valence-electron chi connectivity index (χ0n) is 11.1. The van der Waals surface area contributed by atoms with E-state index >= 15 is 0 Å². The predicted molar refractivity (Wildman–Crippen MR) is 83.5 cm³/mol. The minimum absolute atomic E-state index is 0.234. The molecule has 1 aliphatic carbocycles. The van der Waals surface area contributed by atoms with Gasteiger partial charge in [0.2, 0.25) is 0 Å². The van der Waals surface area contributed by atoms with Gasteiger partial charge in [0, 0.05) is 16.5 Å². The number of alkyl halides is 1. The average Bonchev–Trinajstić information content (AvgIpc) is 2.69. The van der Waals surface area contributed by atoms with Crippen LogP contribution in [0.5, 0.6) is 5.75 Å². The van der Waals surface area contributed by atoms with Gasteiger partial charge in [0.1, 0.15) is 11.6 Å². The second kappa shape index (κ2) is 7.07. The molecule has 1 saturated carbocycles. The lowest BCUT2D eigenvalue weighted by Crippen LogP contribution is -2.08. The zero-order chi connectivity index (χ0) is 13.8. The Balaban J connectivity index is 2.26. The molecule has 1 aromatic carbocycles. The molecule has 1 unspecified atom stereocenters. The van der Waals surface area contributed by atoms with E-state index in [1.54, 1.807) is 7.11 Å². The molecule has 0 spiro atoms. The number of hydrogen-bond donors (Lipinski definition) is 0. The number of ether oxygens (including phenoxy) is 1. The Morgan fingerprint density at radius 3 is 2.42 bits per heavy atom. The maximum atomic E-state index is 13.6. The molecule has 0 aliphatic heterocycles. The molecule has 1 nitrogen and oxygen atoms in total. The van der Waals surface area contributed by atoms with Crippen LogP contribution < -0.4 is 4.74 Å². The van der Waals surface area contributed by atoms with Crippen molar-refractivity contribution in [3.05, 3.63) is 28.0 Å². The minimum Gasteiger partial charge on any atom is -0.496 e. The van der Waals surface area contributed by atoms with Gasteiger partial charge >= 0.3 is 0 Å². The molecule has 19 heavy (non-hydrogen) atoms. The Labute approximate surface area is 131 Å². The molecule has 1 fully saturated rings. The maximum absolute atomic E-state index is 13.6. The molecule has 1 aliphatic rings. The van der Waals surface area contributed by atoms with Crippen LogP contribution in [0.15, 0.2) is 16.6 Å². The standard InChI is InChI=1S/C15H19Br2FO/c1-19-14-9-13(18)12(16)8-11(14)15(17)10-6-4-2-3-5-7-10/h8-10,15H,2-7H2,1H3. The SMILES string of the molecule is COc1cc(F)c(Br)cc1C(Br)C1CCCCCC1. The predicted octanol–water partition coefficient (Wildman–Crippen LogP) is 6.00. The van der Waals surface area contributed by atoms with Crippen molar-refractivity contribution in [2.45, 2.75) is 43.4 Å². The van der Waals surface area contributed by atoms with Gasteiger partial charge in [-0.2, -0.15) is 0 Å². The van der Waals surface area contributed by atoms with Crippen LogP contribution in [0.3, 0.4) is 0 Å². The average molecular weight is 394 g/mol. The first-order valence-corrected chi connectivity index (χ1v) is 8.51. The third-order valence-electron chi connectivity index (χ3n) is 3.88. The van der Waals surface area contributed by atoms with E-state index in [1.807, 2.05) is 6.07 Å². The molecule has 0 saturated heterocycles. The van der Waals surface area contributed by atoms with Crippen LogP contribution in [0, 0.1) is 11.7 Å². The first-order valence-electron chi connectivity index (χ1n) is 6.80. The van der Waals surface area contributed by atoms with Crippen molar-refractivity contribution in [2.24, 2.45) is 5.92 Å². The van der Waals surface area contributed by atoms with Gasteiger partial charge in [0.25, 0.3) is 0 Å². The Morgan fingerprint density at radius 1 is 1.21 bits per heavy atom. The fourth-order valence-corrected chi connectivity index (χ4v) is 4.04. The van der Waals surface area contributed by atoms with Crippen molar-refractivity contribution < 1.29 is 9.13 Å². The first-order chi connectivity index (χ1) is 9.13. The van der Waals surface area contributed by atoms with Crippen LogP contribution in [0.4, 0.5) is 4.39 Å². The van der Waals surface area contributed by atoms with Crippen LogP contribution in [0.2, 0.25) is 0 Å². The summed E-state index contributed by atoms with van der Waals surface area (Å²) in [5, 5.41) is 0. The fraction of sp³-hybridized carbons (Fsp3) is 0.600. The van der Waals surface area contributed by atoms with Crippen molar-refractivity contribution in [3.63, 3.8) is 0 Å². The van der Waals surface area contributed by atoms with Crippen LogP contribution in [-0.4, -0.2) is 7.11 Å². The van der Waals surface area contributed by atoms with Crippen LogP contribution in [0.1, 0.15) is 48.9 Å². The summed E-state index contributed by atoms with van der Waals surface area (Å²) >= 11 is 7.08. The van der Waals surface area contributed by atoms with Crippen LogP contribution in [0.25, 0.3) is 0 Å². The van der Waals surface area contributed by atoms with E-state index in [4.69, 9.17) is 4.74 Å². The summed E-state index contributed by atoms with van der Waals surface area (Å²) in [5.41, 5.74) is 1.04. The van der Waals surface area contributed by atoms with Crippen molar-refractivity contribution >= 4 is 31.9 Å². The smallest absolute Gasteiger partial charge is 0.141 e. The summed E-state index contributed by atoms with van der Waals surface area (Å²) in [6.45, 7) is 0. The summed E-state index contributed by atoms with van der Waals surface area (Å²) in [6.07, 6.45) is 7.71. The van der Waals surface area contributed by atoms with Crippen molar-refractivity contribution in [3.8, 4) is 5.75 Å². The lowest BCUT2D eigenvalue weighted by atomic mass is 9.92.